The Morgan fingerprint density at radius 1 is 1.08 bits per heavy atom. The van der Waals surface area contributed by atoms with Crippen LogP contribution < -0.4 is 5.32 Å². The number of para-hydroxylation sites is 1. The molecule has 2 N–H and O–H groups in total. The standard InChI is InChI=1S/C16H10F3N3O3/c17-9-5-6-11(14(19)13(9)18)20-12(23)7-25-16(24)15-8-3-1-2-4-10(8)21-22-15/h1-6H,7H2,(H,20,23)(H,21,22). The molecule has 0 saturated carbocycles. The summed E-state index contributed by atoms with van der Waals surface area (Å²) in [5, 5.41) is 8.95. The van der Waals surface area contributed by atoms with Crippen molar-refractivity contribution < 1.29 is 27.5 Å². The van der Waals surface area contributed by atoms with Gasteiger partial charge >= 0.3 is 5.97 Å². The molecule has 3 rings (SSSR count). The van der Waals surface area contributed by atoms with Crippen LogP contribution in [0.15, 0.2) is 36.4 Å². The number of benzene rings is 2. The van der Waals surface area contributed by atoms with Crippen LogP contribution in [0.5, 0.6) is 0 Å². The Hall–Kier alpha value is -3.36. The molecule has 0 atom stereocenters. The fourth-order valence-electron chi connectivity index (χ4n) is 2.13. The molecule has 1 aromatic heterocycles. The van der Waals surface area contributed by atoms with E-state index in [0.29, 0.717) is 17.0 Å². The van der Waals surface area contributed by atoms with Gasteiger partial charge in [-0.25, -0.2) is 18.0 Å². The third kappa shape index (κ3) is 3.30. The molecule has 0 spiro atoms. The molecule has 0 aliphatic rings. The molecule has 0 unspecified atom stereocenters. The van der Waals surface area contributed by atoms with Gasteiger partial charge in [0.25, 0.3) is 5.91 Å². The van der Waals surface area contributed by atoms with Crippen molar-refractivity contribution in [2.24, 2.45) is 0 Å². The number of halogens is 3. The molecule has 0 aliphatic carbocycles. The molecule has 0 aliphatic heterocycles. The van der Waals surface area contributed by atoms with E-state index in [9.17, 15) is 22.8 Å². The summed E-state index contributed by atoms with van der Waals surface area (Å²) in [7, 11) is 0. The number of carbonyl (C=O) groups excluding carboxylic acids is 2. The van der Waals surface area contributed by atoms with Crippen molar-refractivity contribution in [3.8, 4) is 0 Å². The highest BCUT2D eigenvalue weighted by molar-refractivity contribution is 6.03. The van der Waals surface area contributed by atoms with Gasteiger partial charge < -0.3 is 10.1 Å². The Balaban J connectivity index is 1.64. The lowest BCUT2D eigenvalue weighted by Gasteiger charge is -2.07. The van der Waals surface area contributed by atoms with Crippen LogP contribution >= 0.6 is 0 Å². The van der Waals surface area contributed by atoms with Crippen LogP contribution in [0.25, 0.3) is 10.9 Å². The van der Waals surface area contributed by atoms with Crippen LogP contribution in [-0.4, -0.2) is 28.7 Å². The van der Waals surface area contributed by atoms with Crippen LogP contribution in [0.4, 0.5) is 18.9 Å². The van der Waals surface area contributed by atoms with Crippen LogP contribution in [0, 0.1) is 17.5 Å². The molecule has 25 heavy (non-hydrogen) atoms. The van der Waals surface area contributed by atoms with Crippen molar-refractivity contribution in [2.75, 3.05) is 11.9 Å². The summed E-state index contributed by atoms with van der Waals surface area (Å²) in [5.41, 5.74) is 0.0373. The molecule has 6 nitrogen and oxygen atoms in total. The summed E-state index contributed by atoms with van der Waals surface area (Å²) in [6.07, 6.45) is 0. The van der Waals surface area contributed by atoms with Crippen molar-refractivity contribution in [3.05, 3.63) is 59.5 Å². The zero-order chi connectivity index (χ0) is 18.0. The number of anilines is 1. The topological polar surface area (TPSA) is 84.1 Å². The quantitative estimate of drug-likeness (QED) is 0.560. The highest BCUT2D eigenvalue weighted by Crippen LogP contribution is 2.19. The number of aromatic nitrogens is 2. The molecule has 0 fully saturated rings. The smallest absolute Gasteiger partial charge is 0.359 e. The summed E-state index contributed by atoms with van der Waals surface area (Å²) < 4.78 is 44.2. The lowest BCUT2D eigenvalue weighted by atomic mass is 10.2. The number of fused-ring (bicyclic) bond motifs is 1. The normalized spacial score (nSPS) is 10.7. The Morgan fingerprint density at radius 3 is 2.64 bits per heavy atom. The number of carbonyl (C=O) groups is 2. The molecule has 0 bridgehead atoms. The van der Waals surface area contributed by atoms with Gasteiger partial charge in [0, 0.05) is 5.39 Å². The number of hydrogen-bond acceptors (Lipinski definition) is 4. The van der Waals surface area contributed by atoms with E-state index < -0.39 is 41.6 Å². The predicted molar refractivity (Wildman–Crippen MR) is 81.3 cm³/mol. The van der Waals surface area contributed by atoms with Crippen LogP contribution in [-0.2, 0) is 9.53 Å². The minimum Gasteiger partial charge on any atom is -0.451 e. The molecule has 0 saturated heterocycles. The van der Waals surface area contributed by atoms with Crippen molar-refractivity contribution in [1.82, 2.24) is 10.2 Å². The van der Waals surface area contributed by atoms with Gasteiger partial charge in [0.2, 0.25) is 0 Å². The number of aromatic amines is 1. The van der Waals surface area contributed by atoms with Crippen LogP contribution in [0.3, 0.4) is 0 Å². The van der Waals surface area contributed by atoms with E-state index in [1.54, 1.807) is 24.3 Å². The average Bonchev–Trinajstić information content (AvgIpc) is 3.04. The van der Waals surface area contributed by atoms with E-state index in [1.165, 1.54) is 0 Å². The highest BCUT2D eigenvalue weighted by Gasteiger charge is 2.18. The molecule has 1 heterocycles. The molecule has 9 heteroatoms. The number of nitrogens with zero attached hydrogens (tertiary/aromatic N) is 1. The van der Waals surface area contributed by atoms with E-state index >= 15 is 0 Å². The van der Waals surface area contributed by atoms with E-state index in [2.05, 4.69) is 10.2 Å². The number of rotatable bonds is 4. The highest BCUT2D eigenvalue weighted by atomic mass is 19.2. The molecule has 0 radical (unpaired) electrons. The van der Waals surface area contributed by atoms with Crippen molar-refractivity contribution in [1.29, 1.82) is 0 Å². The number of amides is 1. The Morgan fingerprint density at radius 2 is 1.84 bits per heavy atom. The van der Waals surface area contributed by atoms with Gasteiger partial charge in [0.1, 0.15) is 0 Å². The van der Waals surface area contributed by atoms with Gasteiger partial charge in [-0.3, -0.25) is 9.89 Å². The van der Waals surface area contributed by atoms with Gasteiger partial charge in [-0.1, -0.05) is 18.2 Å². The van der Waals surface area contributed by atoms with Crippen molar-refractivity contribution in [3.63, 3.8) is 0 Å². The number of hydrogen-bond donors (Lipinski definition) is 2. The van der Waals surface area contributed by atoms with Crippen molar-refractivity contribution in [2.45, 2.75) is 0 Å². The van der Waals surface area contributed by atoms with Crippen molar-refractivity contribution >= 4 is 28.5 Å². The third-order valence-corrected chi connectivity index (χ3v) is 3.31. The lowest BCUT2D eigenvalue weighted by Crippen LogP contribution is -2.22. The Labute approximate surface area is 138 Å². The fourth-order valence-corrected chi connectivity index (χ4v) is 2.13. The summed E-state index contributed by atoms with van der Waals surface area (Å²) in [4.78, 5) is 23.7. The largest absolute Gasteiger partial charge is 0.451 e. The average molecular weight is 349 g/mol. The molecule has 3 aromatic rings. The van der Waals surface area contributed by atoms with Gasteiger partial charge in [0.05, 0.1) is 11.2 Å². The predicted octanol–water partition coefficient (Wildman–Crippen LogP) is 2.78. The molecule has 2 aromatic carbocycles. The molecule has 1 amide bonds. The number of nitrogens with one attached hydrogen (secondary N) is 2. The van der Waals surface area contributed by atoms with Crippen LogP contribution in [0.1, 0.15) is 10.5 Å². The fraction of sp³-hybridized carbons (Fsp3) is 0.0625. The lowest BCUT2D eigenvalue weighted by molar-refractivity contribution is -0.119. The summed E-state index contributed by atoms with van der Waals surface area (Å²) in [6.45, 7) is -0.752. The van der Waals surface area contributed by atoms with E-state index in [0.717, 1.165) is 6.07 Å². The minimum atomic E-state index is -1.71. The maximum Gasteiger partial charge on any atom is 0.359 e. The summed E-state index contributed by atoms with van der Waals surface area (Å²) >= 11 is 0. The van der Waals surface area contributed by atoms with Gasteiger partial charge in [-0.2, -0.15) is 5.10 Å². The first-order valence-electron chi connectivity index (χ1n) is 7.01. The SMILES string of the molecule is O=C(COC(=O)c1n[nH]c2ccccc12)Nc1ccc(F)c(F)c1F. The zero-order valence-electron chi connectivity index (χ0n) is 12.5. The second-order valence-electron chi connectivity index (χ2n) is 4.97. The Bertz CT molecular complexity index is 972. The molecule has 128 valence electrons. The van der Waals surface area contributed by atoms with E-state index in [-0.39, 0.29) is 5.69 Å². The monoisotopic (exact) mass is 349 g/mol. The number of esters is 1. The molecular weight excluding hydrogens is 339 g/mol. The second-order valence-corrected chi connectivity index (χ2v) is 4.97. The number of ether oxygens (including phenoxy) is 1. The van der Waals surface area contributed by atoms with E-state index in [1.807, 2.05) is 5.32 Å². The number of H-pyrrole nitrogens is 1. The summed E-state index contributed by atoms with van der Waals surface area (Å²) in [6, 6.07) is 8.32. The van der Waals surface area contributed by atoms with Gasteiger partial charge in [-0.15, -0.1) is 0 Å². The second kappa shape index (κ2) is 6.63. The van der Waals surface area contributed by atoms with Gasteiger partial charge in [-0.05, 0) is 18.2 Å². The zero-order valence-corrected chi connectivity index (χ0v) is 12.5. The first-order valence-corrected chi connectivity index (χ1v) is 7.01. The first-order chi connectivity index (χ1) is 12.0. The summed E-state index contributed by atoms with van der Waals surface area (Å²) in [5.74, 6) is -6.42. The van der Waals surface area contributed by atoms with Gasteiger partial charge in [0.15, 0.2) is 29.8 Å². The molecular formula is C16H10F3N3O3. The Kier molecular flexibility index (Phi) is 4.38. The van der Waals surface area contributed by atoms with E-state index in [4.69, 9.17) is 4.74 Å². The minimum absolute atomic E-state index is 0.0117. The maximum absolute atomic E-state index is 13.5. The maximum atomic E-state index is 13.5. The van der Waals surface area contributed by atoms with Crippen LogP contribution in [0.2, 0.25) is 0 Å². The first kappa shape index (κ1) is 16.5. The third-order valence-electron chi connectivity index (χ3n) is 3.31.